The number of hydrogen-bond acceptors (Lipinski definition) is 8. The Bertz CT molecular complexity index is 1490. The fraction of sp³-hybridized carbons (Fsp3) is 0.361. The van der Waals surface area contributed by atoms with Crippen molar-refractivity contribution in [1.82, 2.24) is 4.90 Å². The van der Waals surface area contributed by atoms with Crippen molar-refractivity contribution < 1.29 is 28.5 Å². The Morgan fingerprint density at radius 1 is 0.933 bits per heavy atom. The third-order valence-electron chi connectivity index (χ3n) is 8.07. The molecule has 0 aliphatic carbocycles. The lowest BCUT2D eigenvalue weighted by molar-refractivity contribution is -0.203. The summed E-state index contributed by atoms with van der Waals surface area (Å²) in [6.45, 7) is 7.01. The van der Waals surface area contributed by atoms with E-state index in [4.69, 9.17) is 23.7 Å². The van der Waals surface area contributed by atoms with Crippen molar-refractivity contribution in [2.75, 3.05) is 19.8 Å². The van der Waals surface area contributed by atoms with Gasteiger partial charge in [0.1, 0.15) is 36.1 Å². The van der Waals surface area contributed by atoms with Gasteiger partial charge >= 0.3 is 6.09 Å². The molecular weight excluding hydrogens is 570 g/mol. The molecule has 9 heteroatoms. The average molecular weight is 608 g/mol. The van der Waals surface area contributed by atoms with E-state index in [-0.39, 0.29) is 25.3 Å². The minimum Gasteiger partial charge on any atom is -0.449 e. The Morgan fingerprint density at radius 3 is 1.93 bits per heavy atom. The summed E-state index contributed by atoms with van der Waals surface area (Å²) < 4.78 is 31.6. The summed E-state index contributed by atoms with van der Waals surface area (Å²) >= 11 is 0. The predicted octanol–water partition coefficient (Wildman–Crippen LogP) is 6.06. The van der Waals surface area contributed by atoms with Crippen molar-refractivity contribution in [2.24, 2.45) is 0 Å². The van der Waals surface area contributed by atoms with Crippen molar-refractivity contribution in [3.05, 3.63) is 119 Å². The summed E-state index contributed by atoms with van der Waals surface area (Å²) in [5, 5.41) is 19.6. The van der Waals surface area contributed by atoms with Gasteiger partial charge in [-0.15, -0.1) is 0 Å². The smallest absolute Gasteiger partial charge is 0.414 e. The molecule has 4 atom stereocenters. The van der Waals surface area contributed by atoms with Gasteiger partial charge in [0.15, 0.2) is 5.79 Å². The van der Waals surface area contributed by atoms with Gasteiger partial charge in [-0.1, -0.05) is 91.0 Å². The first-order valence-corrected chi connectivity index (χ1v) is 14.9. The first-order valence-electron chi connectivity index (χ1n) is 14.9. The molecular formula is C36H37N3O6. The number of nitrogens with zero attached hydrogens (tertiary/aromatic N) is 3. The molecule has 0 N–H and O–H groups in total. The van der Waals surface area contributed by atoms with Crippen molar-refractivity contribution >= 4 is 6.09 Å². The van der Waals surface area contributed by atoms with Gasteiger partial charge in [-0.3, -0.25) is 4.90 Å². The van der Waals surface area contributed by atoms with Crippen molar-refractivity contribution in [3.8, 4) is 12.1 Å². The van der Waals surface area contributed by atoms with Crippen LogP contribution in [0.25, 0.3) is 0 Å². The van der Waals surface area contributed by atoms with Crippen LogP contribution in [-0.4, -0.2) is 60.5 Å². The van der Waals surface area contributed by atoms with Crippen molar-refractivity contribution in [1.29, 1.82) is 10.5 Å². The van der Waals surface area contributed by atoms with Crippen LogP contribution in [0.2, 0.25) is 0 Å². The van der Waals surface area contributed by atoms with E-state index in [0.29, 0.717) is 0 Å². The summed E-state index contributed by atoms with van der Waals surface area (Å²) in [5.41, 5.74) is 0.780. The molecule has 5 rings (SSSR count). The lowest BCUT2D eigenvalue weighted by Gasteiger charge is -2.37. The summed E-state index contributed by atoms with van der Waals surface area (Å²) in [7, 11) is 0. The standard InChI is InChI=1S/C36H37N3O6/c1-5-41-33(40)39(22-21-37)24-26(23-38)31-35(4)32(44-34(2,3)45-35)30(43-31)25-42-36(27-15-9-6-10-16-27,28-17-11-7-12-18-28)29-19-13-8-14-20-29/h6-20,24,30-32H,5,22,25H2,1-4H3/t30?,31?,32-,35+/m1/s1. The van der Waals surface area contributed by atoms with Gasteiger partial charge in [-0.25, -0.2) is 4.79 Å². The number of ether oxygens (including phenoxy) is 5. The van der Waals surface area contributed by atoms with E-state index in [2.05, 4.69) is 6.07 Å². The molecule has 1 amide bonds. The normalized spacial score (nSPS) is 23.9. The monoisotopic (exact) mass is 607 g/mol. The zero-order chi connectivity index (χ0) is 32.1. The number of nitriles is 2. The molecule has 2 unspecified atom stereocenters. The summed E-state index contributed by atoms with van der Waals surface area (Å²) in [5.74, 6) is -0.983. The first-order chi connectivity index (χ1) is 21.7. The van der Waals surface area contributed by atoms with E-state index in [9.17, 15) is 15.3 Å². The molecule has 3 aromatic carbocycles. The van der Waals surface area contributed by atoms with Gasteiger partial charge in [0.2, 0.25) is 0 Å². The zero-order valence-corrected chi connectivity index (χ0v) is 25.9. The maximum absolute atomic E-state index is 12.6. The van der Waals surface area contributed by atoms with Crippen LogP contribution in [0, 0.1) is 22.7 Å². The maximum atomic E-state index is 12.6. The highest BCUT2D eigenvalue weighted by molar-refractivity contribution is 5.69. The Balaban J connectivity index is 1.55. The third kappa shape index (κ3) is 6.22. The molecule has 2 fully saturated rings. The van der Waals surface area contributed by atoms with Crippen molar-refractivity contribution in [2.45, 2.75) is 63.0 Å². The molecule has 9 nitrogen and oxygen atoms in total. The number of rotatable bonds is 10. The minimum absolute atomic E-state index is 0.0768. The van der Waals surface area contributed by atoms with Gasteiger partial charge in [-0.05, 0) is 44.4 Å². The van der Waals surface area contributed by atoms with E-state index in [1.165, 1.54) is 6.20 Å². The van der Waals surface area contributed by atoms with Crippen LogP contribution in [0.15, 0.2) is 103 Å². The first kappa shape index (κ1) is 31.9. The Kier molecular flexibility index (Phi) is 9.38. The van der Waals surface area contributed by atoms with Crippen LogP contribution in [0.5, 0.6) is 0 Å². The van der Waals surface area contributed by atoms with Gasteiger partial charge in [0, 0.05) is 6.20 Å². The second-order valence-corrected chi connectivity index (χ2v) is 11.6. The number of carbonyl (C=O) groups excluding carboxylic acids is 1. The quantitative estimate of drug-likeness (QED) is 0.155. The molecule has 2 aliphatic rings. The fourth-order valence-electron chi connectivity index (χ4n) is 6.32. The molecule has 2 aliphatic heterocycles. The van der Waals surface area contributed by atoms with Gasteiger partial charge in [0.05, 0.1) is 30.9 Å². The molecule has 3 aromatic rings. The van der Waals surface area contributed by atoms with E-state index in [0.717, 1.165) is 21.6 Å². The second kappa shape index (κ2) is 13.2. The van der Waals surface area contributed by atoms with E-state index < -0.39 is 41.4 Å². The van der Waals surface area contributed by atoms with Crippen LogP contribution in [0.4, 0.5) is 4.79 Å². The molecule has 0 radical (unpaired) electrons. The molecule has 0 saturated carbocycles. The second-order valence-electron chi connectivity index (χ2n) is 11.6. The molecule has 0 bridgehead atoms. The SMILES string of the molecule is CCOC(=O)N(C=C(C#N)C1OC(COC(c2ccccc2)(c2ccccc2)c2ccccc2)[C@H]2OC(C)(C)O[C@@]12C)CC#N. The van der Waals surface area contributed by atoms with Crippen LogP contribution in [-0.2, 0) is 29.3 Å². The number of benzene rings is 3. The van der Waals surface area contributed by atoms with Crippen LogP contribution in [0.3, 0.4) is 0 Å². The summed E-state index contributed by atoms with van der Waals surface area (Å²) in [6.07, 6.45) is -1.66. The molecule has 2 heterocycles. The lowest BCUT2D eigenvalue weighted by Crippen LogP contribution is -2.45. The number of fused-ring (bicyclic) bond motifs is 1. The molecule has 0 aromatic heterocycles. The highest BCUT2D eigenvalue weighted by atomic mass is 16.8. The highest BCUT2D eigenvalue weighted by Gasteiger charge is 2.64. The minimum atomic E-state index is -1.11. The summed E-state index contributed by atoms with van der Waals surface area (Å²) in [6, 6.07) is 34.1. The Labute approximate surface area is 264 Å². The van der Waals surface area contributed by atoms with Gasteiger partial charge in [0.25, 0.3) is 0 Å². The van der Waals surface area contributed by atoms with Crippen LogP contribution in [0.1, 0.15) is 44.4 Å². The zero-order valence-electron chi connectivity index (χ0n) is 25.9. The Morgan fingerprint density at radius 2 is 1.47 bits per heavy atom. The van der Waals surface area contributed by atoms with Gasteiger partial charge < -0.3 is 23.7 Å². The van der Waals surface area contributed by atoms with E-state index >= 15 is 0 Å². The molecule has 0 spiro atoms. The highest BCUT2D eigenvalue weighted by Crippen LogP contribution is 2.50. The number of carbonyl (C=O) groups is 1. The average Bonchev–Trinajstić information content (AvgIpc) is 3.46. The topological polar surface area (TPSA) is 114 Å². The van der Waals surface area contributed by atoms with Gasteiger partial charge in [-0.2, -0.15) is 10.5 Å². The third-order valence-corrected chi connectivity index (χ3v) is 8.07. The lowest BCUT2D eigenvalue weighted by atomic mass is 9.80. The summed E-state index contributed by atoms with van der Waals surface area (Å²) in [4.78, 5) is 13.6. The number of hydrogen-bond donors (Lipinski definition) is 0. The van der Waals surface area contributed by atoms with Crippen LogP contribution >= 0.6 is 0 Å². The molecule has 2 saturated heterocycles. The Hall–Kier alpha value is -4.51. The predicted molar refractivity (Wildman–Crippen MR) is 165 cm³/mol. The fourth-order valence-corrected chi connectivity index (χ4v) is 6.32. The molecule has 45 heavy (non-hydrogen) atoms. The van der Waals surface area contributed by atoms with E-state index in [1.54, 1.807) is 6.92 Å². The number of amides is 1. The van der Waals surface area contributed by atoms with Crippen LogP contribution < -0.4 is 0 Å². The van der Waals surface area contributed by atoms with E-state index in [1.807, 2.05) is 118 Å². The molecule has 232 valence electrons. The maximum Gasteiger partial charge on any atom is 0.414 e. The van der Waals surface area contributed by atoms with Crippen molar-refractivity contribution in [3.63, 3.8) is 0 Å². The largest absolute Gasteiger partial charge is 0.449 e.